The van der Waals surface area contributed by atoms with Crippen LogP contribution in [-0.2, 0) is 0 Å². The molecule has 0 aliphatic rings. The summed E-state index contributed by atoms with van der Waals surface area (Å²) in [6, 6.07) is 68.1. The van der Waals surface area contributed by atoms with Crippen LogP contribution in [0, 0.1) is 0 Å². The van der Waals surface area contributed by atoms with Gasteiger partial charge in [-0.3, -0.25) is 0 Å². The molecule has 8 aromatic carbocycles. The Kier molecular flexibility index (Phi) is 7.43. The third-order valence-electron chi connectivity index (χ3n) is 10.0. The van der Waals surface area contributed by atoms with Crippen LogP contribution < -0.4 is 0 Å². The largest absolute Gasteiger partial charge is 0.309 e. The Morgan fingerprint density at radius 3 is 1.57 bits per heavy atom. The van der Waals surface area contributed by atoms with Crippen molar-refractivity contribution < 1.29 is 0 Å². The van der Waals surface area contributed by atoms with Gasteiger partial charge in [0.25, 0.3) is 0 Å². The Morgan fingerprint density at radius 2 is 0.811 bits per heavy atom. The molecule has 0 saturated carbocycles. The molecule has 0 fully saturated rings. The van der Waals surface area contributed by atoms with E-state index in [2.05, 4.69) is 162 Å². The van der Waals surface area contributed by atoms with Crippen LogP contribution in [0.15, 0.2) is 194 Å². The van der Waals surface area contributed by atoms with E-state index in [0.29, 0.717) is 17.5 Å². The second kappa shape index (κ2) is 12.9. The van der Waals surface area contributed by atoms with Gasteiger partial charge in [0.15, 0.2) is 17.5 Å². The van der Waals surface area contributed by atoms with E-state index in [0.717, 1.165) is 39.1 Å². The maximum absolute atomic E-state index is 5.07. The Morgan fingerprint density at radius 1 is 0.302 bits per heavy atom. The molecule has 2 heterocycles. The van der Waals surface area contributed by atoms with Crippen molar-refractivity contribution in [2.45, 2.75) is 0 Å². The van der Waals surface area contributed by atoms with Crippen molar-refractivity contribution in [2.24, 2.45) is 0 Å². The first-order valence-corrected chi connectivity index (χ1v) is 17.9. The van der Waals surface area contributed by atoms with E-state index < -0.39 is 0 Å². The molecule has 0 unspecified atom stereocenters. The average molecular weight is 677 g/mol. The zero-order chi connectivity index (χ0) is 35.1. The summed E-state index contributed by atoms with van der Waals surface area (Å²) in [5, 5.41) is 4.96. The van der Waals surface area contributed by atoms with Gasteiger partial charge in [-0.2, -0.15) is 0 Å². The van der Waals surface area contributed by atoms with Gasteiger partial charge < -0.3 is 4.57 Å². The van der Waals surface area contributed by atoms with Gasteiger partial charge >= 0.3 is 0 Å². The second-order valence-corrected chi connectivity index (χ2v) is 13.3. The number of benzene rings is 8. The summed E-state index contributed by atoms with van der Waals surface area (Å²) in [7, 11) is 0. The zero-order valence-electron chi connectivity index (χ0n) is 28.8. The lowest BCUT2D eigenvalue weighted by molar-refractivity contribution is 1.07. The first kappa shape index (κ1) is 30.6. The molecule has 0 spiro atoms. The monoisotopic (exact) mass is 676 g/mol. The van der Waals surface area contributed by atoms with E-state index >= 15 is 0 Å². The van der Waals surface area contributed by atoms with E-state index in [1.807, 2.05) is 36.4 Å². The van der Waals surface area contributed by atoms with E-state index in [-0.39, 0.29) is 0 Å². The Balaban J connectivity index is 1.08. The first-order chi connectivity index (χ1) is 26.3. The minimum atomic E-state index is 0.632. The fraction of sp³-hybridized carbons (Fsp3) is 0. The normalized spacial score (nSPS) is 11.4. The van der Waals surface area contributed by atoms with Gasteiger partial charge in [-0.25, -0.2) is 15.0 Å². The van der Waals surface area contributed by atoms with Crippen LogP contribution in [-0.4, -0.2) is 19.5 Å². The molecule has 0 radical (unpaired) electrons. The minimum absolute atomic E-state index is 0.632. The van der Waals surface area contributed by atoms with Crippen LogP contribution in [0.25, 0.3) is 94.7 Å². The third-order valence-corrected chi connectivity index (χ3v) is 10.0. The SMILES string of the molecule is c1ccc(-c2ccc(-c3nc(-c4ccccc4)nc(-c4cccc(-c5cccc(-n6c7ccccc7c7ccc8ccccc8c76)c5)c4)n3)cc2)cc1. The van der Waals surface area contributed by atoms with Crippen LogP contribution in [0.3, 0.4) is 0 Å². The minimum Gasteiger partial charge on any atom is -0.309 e. The van der Waals surface area contributed by atoms with Gasteiger partial charge in [-0.15, -0.1) is 0 Å². The van der Waals surface area contributed by atoms with Gasteiger partial charge in [-0.1, -0.05) is 170 Å². The van der Waals surface area contributed by atoms with Crippen LogP contribution in [0.5, 0.6) is 0 Å². The van der Waals surface area contributed by atoms with Crippen LogP contribution in [0.4, 0.5) is 0 Å². The van der Waals surface area contributed by atoms with Crippen molar-refractivity contribution in [3.63, 3.8) is 0 Å². The summed E-state index contributed by atoms with van der Waals surface area (Å²) in [4.78, 5) is 15.1. The highest BCUT2D eigenvalue weighted by Gasteiger charge is 2.16. The molecule has 10 aromatic rings. The fourth-order valence-electron chi connectivity index (χ4n) is 7.45. The van der Waals surface area contributed by atoms with Gasteiger partial charge in [0, 0.05) is 38.5 Å². The predicted octanol–water partition coefficient (Wildman–Crippen LogP) is 12.5. The highest BCUT2D eigenvalue weighted by molar-refractivity contribution is 6.18. The molecule has 2 aromatic heterocycles. The van der Waals surface area contributed by atoms with Crippen molar-refractivity contribution >= 4 is 32.6 Å². The van der Waals surface area contributed by atoms with E-state index in [4.69, 9.17) is 15.0 Å². The third kappa shape index (κ3) is 5.54. The molecule has 0 N–H and O–H groups in total. The van der Waals surface area contributed by atoms with Crippen molar-refractivity contribution in [2.75, 3.05) is 0 Å². The fourth-order valence-corrected chi connectivity index (χ4v) is 7.45. The quantitative estimate of drug-likeness (QED) is 0.176. The highest BCUT2D eigenvalue weighted by atomic mass is 15.0. The Hall–Kier alpha value is -7.17. The topological polar surface area (TPSA) is 43.6 Å². The highest BCUT2D eigenvalue weighted by Crippen LogP contribution is 2.38. The van der Waals surface area contributed by atoms with Crippen LogP contribution in [0.2, 0.25) is 0 Å². The molecule has 0 atom stereocenters. The molecule has 4 heteroatoms. The van der Waals surface area contributed by atoms with Crippen molar-refractivity contribution in [1.82, 2.24) is 19.5 Å². The molecule has 0 saturated heterocycles. The summed E-state index contributed by atoms with van der Waals surface area (Å²) in [5.41, 5.74) is 10.9. The standard InChI is InChI=1S/C49H32N4/c1-3-13-33(14-4-1)34-25-27-37(28-26-34)48-50-47(36-16-5-2-6-17-36)51-49(52-48)40-20-11-18-38(31-40)39-19-12-21-41(32-39)53-45-24-10-9-23-43(45)44-30-29-35-15-7-8-22-42(35)46(44)53/h1-32H. The molecule has 0 bridgehead atoms. The number of para-hydroxylation sites is 1. The molecule has 10 rings (SSSR count). The van der Waals surface area contributed by atoms with Crippen molar-refractivity contribution in [3.8, 4) is 62.1 Å². The molecule has 0 amide bonds. The summed E-state index contributed by atoms with van der Waals surface area (Å²) < 4.78 is 2.41. The maximum atomic E-state index is 5.07. The molecule has 0 aliphatic heterocycles. The number of hydrogen-bond acceptors (Lipinski definition) is 3. The maximum Gasteiger partial charge on any atom is 0.164 e. The Labute approximate surface area is 307 Å². The van der Waals surface area contributed by atoms with Gasteiger partial charge in [0.1, 0.15) is 0 Å². The second-order valence-electron chi connectivity index (χ2n) is 13.3. The average Bonchev–Trinajstić information content (AvgIpc) is 3.59. The van der Waals surface area contributed by atoms with Crippen LogP contribution >= 0.6 is 0 Å². The van der Waals surface area contributed by atoms with Crippen LogP contribution in [0.1, 0.15) is 0 Å². The number of rotatable bonds is 6. The smallest absolute Gasteiger partial charge is 0.164 e. The first-order valence-electron chi connectivity index (χ1n) is 17.9. The zero-order valence-corrected chi connectivity index (χ0v) is 28.8. The molecular weight excluding hydrogens is 645 g/mol. The number of hydrogen-bond donors (Lipinski definition) is 0. The van der Waals surface area contributed by atoms with E-state index in [1.54, 1.807) is 0 Å². The Bertz CT molecular complexity index is 2930. The molecule has 0 aliphatic carbocycles. The van der Waals surface area contributed by atoms with Gasteiger partial charge in [0.05, 0.1) is 11.0 Å². The molecular formula is C49H32N4. The lowest BCUT2D eigenvalue weighted by Crippen LogP contribution is -2.00. The van der Waals surface area contributed by atoms with Crippen molar-refractivity contribution in [1.29, 1.82) is 0 Å². The number of fused-ring (bicyclic) bond motifs is 5. The summed E-state index contributed by atoms with van der Waals surface area (Å²) in [6.07, 6.45) is 0. The summed E-state index contributed by atoms with van der Waals surface area (Å²) in [6.45, 7) is 0. The number of aromatic nitrogens is 4. The molecule has 4 nitrogen and oxygen atoms in total. The summed E-state index contributed by atoms with van der Waals surface area (Å²) in [5.74, 6) is 1.91. The lowest BCUT2D eigenvalue weighted by Gasteiger charge is -2.13. The van der Waals surface area contributed by atoms with Gasteiger partial charge in [0.2, 0.25) is 0 Å². The van der Waals surface area contributed by atoms with E-state index in [9.17, 15) is 0 Å². The summed E-state index contributed by atoms with van der Waals surface area (Å²) >= 11 is 0. The molecule has 53 heavy (non-hydrogen) atoms. The van der Waals surface area contributed by atoms with Gasteiger partial charge in [-0.05, 0) is 51.9 Å². The van der Waals surface area contributed by atoms with Crippen molar-refractivity contribution in [3.05, 3.63) is 194 Å². The lowest BCUT2D eigenvalue weighted by atomic mass is 10.0. The molecule has 248 valence electrons. The predicted molar refractivity (Wildman–Crippen MR) is 219 cm³/mol. The number of nitrogens with zero attached hydrogens (tertiary/aromatic N) is 4. The van der Waals surface area contributed by atoms with E-state index in [1.165, 1.54) is 38.1 Å².